The largest absolute Gasteiger partial charge is 0.127 e. The molecule has 0 aliphatic rings. The van der Waals surface area contributed by atoms with Crippen LogP contribution in [0.25, 0.3) is 0 Å². The van der Waals surface area contributed by atoms with Crippen LogP contribution in [-0.2, 0) is 0 Å². The van der Waals surface area contributed by atoms with Crippen LogP contribution in [0.4, 0.5) is 0 Å². The number of alkyl halides is 1. The molecule has 0 bridgehead atoms. The van der Waals surface area contributed by atoms with Gasteiger partial charge in [0.2, 0.25) is 0 Å². The van der Waals surface area contributed by atoms with Gasteiger partial charge in [0.05, 0.1) is 0 Å². The van der Waals surface area contributed by atoms with Gasteiger partial charge in [-0.25, -0.2) is 0 Å². The van der Waals surface area contributed by atoms with Crippen LogP contribution in [-0.4, -0.2) is 5.88 Å². The second-order valence-electron chi connectivity index (χ2n) is 7.30. The average Bonchev–Trinajstić information content (AvgIpc) is 2.40. The molecule has 0 aromatic carbocycles. The summed E-state index contributed by atoms with van der Waals surface area (Å²) in [5, 5.41) is 0. The Morgan fingerprint density at radius 2 is 1.35 bits per heavy atom. The Bertz CT molecular complexity index is 173. The van der Waals surface area contributed by atoms with Crippen molar-refractivity contribution in [2.45, 2.75) is 106 Å². The zero-order valence-electron chi connectivity index (χ0n) is 15.2. The van der Waals surface area contributed by atoms with Crippen LogP contribution >= 0.6 is 11.6 Å². The maximum atomic E-state index is 5.64. The predicted molar refractivity (Wildman–Crippen MR) is 96.9 cm³/mol. The van der Waals surface area contributed by atoms with E-state index in [9.17, 15) is 0 Å². The van der Waals surface area contributed by atoms with Crippen molar-refractivity contribution in [1.82, 2.24) is 0 Å². The van der Waals surface area contributed by atoms with E-state index in [1.54, 1.807) is 0 Å². The van der Waals surface area contributed by atoms with Crippen molar-refractivity contribution in [3.8, 4) is 0 Å². The smallest absolute Gasteiger partial charge is 0.0223 e. The quantitative estimate of drug-likeness (QED) is 0.269. The second kappa shape index (κ2) is 15.7. The molecule has 0 spiro atoms. The van der Waals surface area contributed by atoms with Gasteiger partial charge in [0.1, 0.15) is 0 Å². The fourth-order valence-electron chi connectivity index (χ4n) is 2.27. The van der Waals surface area contributed by atoms with Gasteiger partial charge in [0.15, 0.2) is 0 Å². The monoisotopic (exact) mass is 304 g/mol. The molecule has 0 amide bonds. The molecule has 0 aromatic heterocycles. The van der Waals surface area contributed by atoms with Gasteiger partial charge in [-0.2, -0.15) is 0 Å². The SMILES string of the molecule is CCCCC(C)(C)CCCCCCl.CCCCC(C)C. The van der Waals surface area contributed by atoms with E-state index in [0.29, 0.717) is 5.41 Å². The molecule has 124 valence electrons. The molecule has 0 nitrogen and oxygen atoms in total. The van der Waals surface area contributed by atoms with E-state index < -0.39 is 0 Å². The highest BCUT2D eigenvalue weighted by molar-refractivity contribution is 6.17. The first-order valence-electron chi connectivity index (χ1n) is 8.95. The average molecular weight is 305 g/mol. The maximum Gasteiger partial charge on any atom is 0.0223 e. The summed E-state index contributed by atoms with van der Waals surface area (Å²) in [6.45, 7) is 13.8. The van der Waals surface area contributed by atoms with Crippen molar-refractivity contribution in [1.29, 1.82) is 0 Å². The zero-order chi connectivity index (χ0) is 15.9. The lowest BCUT2D eigenvalue weighted by Crippen LogP contribution is -2.10. The van der Waals surface area contributed by atoms with Crippen molar-refractivity contribution in [2.24, 2.45) is 11.3 Å². The van der Waals surface area contributed by atoms with Gasteiger partial charge in [-0.15, -0.1) is 11.6 Å². The molecule has 0 saturated heterocycles. The summed E-state index contributed by atoms with van der Waals surface area (Å²) < 4.78 is 0. The molecule has 0 heterocycles. The van der Waals surface area contributed by atoms with Crippen LogP contribution in [0, 0.1) is 11.3 Å². The minimum atomic E-state index is 0.558. The Balaban J connectivity index is 0. The molecule has 0 aliphatic carbocycles. The summed E-state index contributed by atoms with van der Waals surface area (Å²) in [6, 6.07) is 0. The van der Waals surface area contributed by atoms with Crippen LogP contribution in [0.2, 0.25) is 0 Å². The Morgan fingerprint density at radius 3 is 1.75 bits per heavy atom. The first-order chi connectivity index (χ1) is 9.39. The van der Waals surface area contributed by atoms with E-state index in [-0.39, 0.29) is 0 Å². The normalized spacial score (nSPS) is 11.4. The molecule has 0 atom stereocenters. The fourth-order valence-corrected chi connectivity index (χ4v) is 2.46. The summed E-state index contributed by atoms with van der Waals surface area (Å²) in [6.07, 6.45) is 13.4. The van der Waals surface area contributed by atoms with E-state index >= 15 is 0 Å². The van der Waals surface area contributed by atoms with Crippen LogP contribution in [0.3, 0.4) is 0 Å². The van der Waals surface area contributed by atoms with Crippen molar-refractivity contribution in [2.75, 3.05) is 5.88 Å². The lowest BCUT2D eigenvalue weighted by Gasteiger charge is -2.24. The first-order valence-corrected chi connectivity index (χ1v) is 9.49. The lowest BCUT2D eigenvalue weighted by molar-refractivity contribution is 0.287. The minimum Gasteiger partial charge on any atom is -0.127 e. The molecule has 0 N–H and O–H groups in total. The van der Waals surface area contributed by atoms with Gasteiger partial charge in [-0.3, -0.25) is 0 Å². The third-order valence-corrected chi connectivity index (χ3v) is 4.10. The third-order valence-electron chi connectivity index (χ3n) is 3.83. The lowest BCUT2D eigenvalue weighted by atomic mass is 9.82. The van der Waals surface area contributed by atoms with E-state index in [1.165, 1.54) is 64.2 Å². The van der Waals surface area contributed by atoms with E-state index in [1.807, 2.05) is 0 Å². The summed E-state index contributed by atoms with van der Waals surface area (Å²) in [5.74, 6) is 1.73. The summed E-state index contributed by atoms with van der Waals surface area (Å²) in [7, 11) is 0. The highest BCUT2D eigenvalue weighted by Crippen LogP contribution is 2.29. The van der Waals surface area contributed by atoms with E-state index in [2.05, 4.69) is 41.5 Å². The Kier molecular flexibility index (Phi) is 17.7. The van der Waals surface area contributed by atoms with E-state index in [0.717, 1.165) is 11.8 Å². The summed E-state index contributed by atoms with van der Waals surface area (Å²) in [4.78, 5) is 0. The van der Waals surface area contributed by atoms with Crippen LogP contribution in [0.15, 0.2) is 0 Å². The van der Waals surface area contributed by atoms with Gasteiger partial charge in [-0.1, -0.05) is 86.5 Å². The number of hydrogen-bond acceptors (Lipinski definition) is 0. The zero-order valence-corrected chi connectivity index (χ0v) is 16.0. The molecule has 0 fully saturated rings. The molecule has 0 unspecified atom stereocenters. The van der Waals surface area contributed by atoms with Crippen molar-refractivity contribution in [3.63, 3.8) is 0 Å². The minimum absolute atomic E-state index is 0.558. The topological polar surface area (TPSA) is 0 Å². The van der Waals surface area contributed by atoms with Crippen LogP contribution in [0.1, 0.15) is 106 Å². The molecular weight excluding hydrogens is 264 g/mol. The molecule has 0 radical (unpaired) electrons. The second-order valence-corrected chi connectivity index (χ2v) is 7.68. The fraction of sp³-hybridized carbons (Fsp3) is 1.00. The summed E-state index contributed by atoms with van der Waals surface area (Å²) >= 11 is 5.64. The molecule has 0 saturated carbocycles. The van der Waals surface area contributed by atoms with Gasteiger partial charge in [0.25, 0.3) is 0 Å². The Morgan fingerprint density at radius 1 is 0.800 bits per heavy atom. The standard InChI is InChI=1S/C12H25Cl.C7H16/c1-4-5-9-12(2,3)10-7-6-8-11-13;1-4-5-6-7(2)3/h4-11H2,1-3H3;7H,4-6H2,1-3H3. The molecule has 20 heavy (non-hydrogen) atoms. The van der Waals surface area contributed by atoms with Gasteiger partial charge in [-0.05, 0) is 30.6 Å². The Hall–Kier alpha value is 0.290. The summed E-state index contributed by atoms with van der Waals surface area (Å²) in [5.41, 5.74) is 0.558. The molecule has 1 heteroatoms. The van der Waals surface area contributed by atoms with Gasteiger partial charge >= 0.3 is 0 Å². The van der Waals surface area contributed by atoms with Gasteiger partial charge < -0.3 is 0 Å². The molecule has 0 aliphatic heterocycles. The Labute approximate surface area is 135 Å². The molecule has 0 aromatic rings. The number of halogens is 1. The highest BCUT2D eigenvalue weighted by Gasteiger charge is 2.15. The number of unbranched alkanes of at least 4 members (excludes halogenated alkanes) is 4. The third kappa shape index (κ3) is 20.6. The first kappa shape index (κ1) is 22.6. The van der Waals surface area contributed by atoms with Crippen molar-refractivity contribution in [3.05, 3.63) is 0 Å². The van der Waals surface area contributed by atoms with Crippen LogP contribution in [0.5, 0.6) is 0 Å². The number of hydrogen-bond donors (Lipinski definition) is 0. The van der Waals surface area contributed by atoms with E-state index in [4.69, 9.17) is 11.6 Å². The van der Waals surface area contributed by atoms with Crippen molar-refractivity contribution < 1.29 is 0 Å². The van der Waals surface area contributed by atoms with Gasteiger partial charge in [0, 0.05) is 5.88 Å². The highest BCUT2D eigenvalue weighted by atomic mass is 35.5. The van der Waals surface area contributed by atoms with Crippen LogP contribution < -0.4 is 0 Å². The molecular formula is C19H41Cl. The molecule has 0 rings (SSSR count). The predicted octanol–water partition coefficient (Wildman–Crippen LogP) is 7.83. The van der Waals surface area contributed by atoms with Crippen molar-refractivity contribution >= 4 is 11.6 Å². The number of rotatable bonds is 11. The maximum absolute atomic E-state index is 5.64.